The van der Waals surface area contributed by atoms with E-state index in [1.807, 2.05) is 5.32 Å². The molecule has 1 aliphatic carbocycles. The Morgan fingerprint density at radius 1 is 1.36 bits per heavy atom. The van der Waals surface area contributed by atoms with E-state index in [4.69, 9.17) is 0 Å². The topological polar surface area (TPSA) is 41.1 Å². The van der Waals surface area contributed by atoms with Crippen molar-refractivity contribution in [3.8, 4) is 0 Å². The molecule has 0 aliphatic heterocycles. The third-order valence-corrected chi connectivity index (χ3v) is 1.85. The van der Waals surface area contributed by atoms with E-state index in [2.05, 4.69) is 5.32 Å². The Bertz CT molecular complexity index is 201. The minimum Gasteiger partial charge on any atom is -0.347 e. The van der Waals surface area contributed by atoms with Gasteiger partial charge < -0.3 is 10.6 Å². The minimum absolute atomic E-state index is 0.104. The molecule has 0 aromatic rings. The van der Waals surface area contributed by atoms with Crippen LogP contribution in [-0.4, -0.2) is 31.2 Å². The molecule has 3 nitrogen and oxygen atoms in total. The molecule has 0 bridgehead atoms. The van der Waals surface area contributed by atoms with Crippen molar-refractivity contribution in [3.63, 3.8) is 0 Å². The van der Waals surface area contributed by atoms with Crippen molar-refractivity contribution >= 4 is 5.91 Å². The van der Waals surface area contributed by atoms with Crippen molar-refractivity contribution < 1.29 is 18.0 Å². The standard InChI is InChI=1S/C8H13F3N2O/c9-8(10,11)5-13-7(14)3-4-12-6-1-2-6/h6,12H,1-5H2,(H,13,14). The van der Waals surface area contributed by atoms with Crippen LogP contribution < -0.4 is 10.6 Å². The minimum atomic E-state index is -4.32. The number of carbonyl (C=O) groups excluding carboxylic acids is 1. The van der Waals surface area contributed by atoms with E-state index in [1.54, 1.807) is 0 Å². The summed E-state index contributed by atoms with van der Waals surface area (Å²) in [6.45, 7) is -0.788. The maximum Gasteiger partial charge on any atom is 0.405 e. The van der Waals surface area contributed by atoms with E-state index >= 15 is 0 Å². The van der Waals surface area contributed by atoms with Crippen molar-refractivity contribution in [1.82, 2.24) is 10.6 Å². The van der Waals surface area contributed by atoms with Crippen LogP contribution in [0.4, 0.5) is 13.2 Å². The Kier molecular flexibility index (Phi) is 3.74. The average Bonchev–Trinajstić information content (AvgIpc) is 2.83. The molecule has 0 heterocycles. The highest BCUT2D eigenvalue weighted by Gasteiger charge is 2.27. The molecule has 0 aromatic heterocycles. The van der Waals surface area contributed by atoms with Crippen LogP contribution in [0.1, 0.15) is 19.3 Å². The maximum atomic E-state index is 11.6. The molecule has 0 radical (unpaired) electrons. The number of nitrogens with one attached hydrogen (secondary N) is 2. The van der Waals surface area contributed by atoms with Gasteiger partial charge in [-0.15, -0.1) is 0 Å². The molecule has 0 atom stereocenters. The number of amides is 1. The molecular formula is C8H13F3N2O. The van der Waals surface area contributed by atoms with E-state index in [0.717, 1.165) is 12.8 Å². The lowest BCUT2D eigenvalue weighted by atomic mass is 10.4. The van der Waals surface area contributed by atoms with Crippen molar-refractivity contribution in [2.45, 2.75) is 31.5 Å². The summed E-state index contributed by atoms with van der Waals surface area (Å²) < 4.78 is 34.9. The molecule has 0 saturated heterocycles. The Morgan fingerprint density at radius 3 is 2.50 bits per heavy atom. The van der Waals surface area contributed by atoms with Gasteiger partial charge >= 0.3 is 6.18 Å². The summed E-state index contributed by atoms with van der Waals surface area (Å²) in [6.07, 6.45) is -2.01. The maximum absolute atomic E-state index is 11.6. The lowest BCUT2D eigenvalue weighted by Gasteiger charge is -2.08. The highest BCUT2D eigenvalue weighted by Crippen LogP contribution is 2.18. The van der Waals surface area contributed by atoms with Crippen LogP contribution in [0.15, 0.2) is 0 Å². The van der Waals surface area contributed by atoms with Gasteiger partial charge in [0, 0.05) is 19.0 Å². The molecule has 0 spiro atoms. The van der Waals surface area contributed by atoms with Crippen LogP contribution in [0, 0.1) is 0 Å². The van der Waals surface area contributed by atoms with Gasteiger partial charge in [-0.1, -0.05) is 0 Å². The van der Waals surface area contributed by atoms with Gasteiger partial charge in [-0.25, -0.2) is 0 Å². The monoisotopic (exact) mass is 210 g/mol. The largest absolute Gasteiger partial charge is 0.405 e. The van der Waals surface area contributed by atoms with Crippen molar-refractivity contribution in [3.05, 3.63) is 0 Å². The predicted molar refractivity (Wildman–Crippen MR) is 44.7 cm³/mol. The zero-order valence-electron chi connectivity index (χ0n) is 7.66. The van der Waals surface area contributed by atoms with Crippen LogP contribution in [0.5, 0.6) is 0 Å². The second-order valence-electron chi connectivity index (χ2n) is 3.37. The van der Waals surface area contributed by atoms with Gasteiger partial charge in [0.05, 0.1) is 0 Å². The molecule has 82 valence electrons. The Morgan fingerprint density at radius 2 is 2.00 bits per heavy atom. The van der Waals surface area contributed by atoms with Gasteiger partial charge in [-0.3, -0.25) is 4.79 Å². The van der Waals surface area contributed by atoms with Gasteiger partial charge in [-0.05, 0) is 12.8 Å². The predicted octanol–water partition coefficient (Wildman–Crippen LogP) is 0.807. The summed E-state index contributed by atoms with van der Waals surface area (Å²) in [6, 6.07) is 0.477. The lowest BCUT2D eigenvalue weighted by molar-refractivity contribution is -0.138. The molecule has 1 rings (SSSR count). The molecule has 1 amide bonds. The van der Waals surface area contributed by atoms with Gasteiger partial charge in [0.2, 0.25) is 5.91 Å². The summed E-state index contributed by atoms with van der Waals surface area (Å²) in [4.78, 5) is 10.8. The lowest BCUT2D eigenvalue weighted by Crippen LogP contribution is -2.35. The molecule has 1 fully saturated rings. The number of alkyl halides is 3. The van der Waals surface area contributed by atoms with Crippen LogP contribution in [-0.2, 0) is 4.79 Å². The SMILES string of the molecule is O=C(CCNC1CC1)NCC(F)(F)F. The van der Waals surface area contributed by atoms with Gasteiger partial charge in [0.25, 0.3) is 0 Å². The normalized spacial score (nSPS) is 16.8. The molecule has 2 N–H and O–H groups in total. The first kappa shape index (κ1) is 11.3. The number of hydrogen-bond acceptors (Lipinski definition) is 2. The van der Waals surface area contributed by atoms with Crippen LogP contribution >= 0.6 is 0 Å². The Labute approximate surface area is 80.0 Å². The van der Waals surface area contributed by atoms with Gasteiger partial charge in [-0.2, -0.15) is 13.2 Å². The van der Waals surface area contributed by atoms with E-state index in [9.17, 15) is 18.0 Å². The number of halogens is 3. The first-order chi connectivity index (χ1) is 6.47. The molecular weight excluding hydrogens is 197 g/mol. The second kappa shape index (κ2) is 4.63. The van der Waals surface area contributed by atoms with E-state index < -0.39 is 18.6 Å². The Balaban J connectivity index is 1.97. The quantitative estimate of drug-likeness (QED) is 0.705. The number of rotatable bonds is 5. The fourth-order valence-corrected chi connectivity index (χ4v) is 0.964. The molecule has 14 heavy (non-hydrogen) atoms. The van der Waals surface area contributed by atoms with E-state index in [1.165, 1.54) is 0 Å². The van der Waals surface area contributed by atoms with Crippen LogP contribution in [0.2, 0.25) is 0 Å². The molecule has 0 unspecified atom stereocenters. The number of carbonyl (C=O) groups is 1. The smallest absolute Gasteiger partial charge is 0.347 e. The van der Waals surface area contributed by atoms with Crippen molar-refractivity contribution in [2.75, 3.05) is 13.1 Å². The highest BCUT2D eigenvalue weighted by molar-refractivity contribution is 5.76. The Hall–Kier alpha value is -0.780. The summed E-state index contributed by atoms with van der Waals surface area (Å²) >= 11 is 0. The van der Waals surface area contributed by atoms with E-state index in [-0.39, 0.29) is 6.42 Å². The van der Waals surface area contributed by atoms with E-state index in [0.29, 0.717) is 12.6 Å². The highest BCUT2D eigenvalue weighted by atomic mass is 19.4. The molecule has 1 saturated carbocycles. The molecule has 0 aromatic carbocycles. The number of hydrogen-bond donors (Lipinski definition) is 2. The first-order valence-corrected chi connectivity index (χ1v) is 4.54. The fourth-order valence-electron chi connectivity index (χ4n) is 0.964. The van der Waals surface area contributed by atoms with Gasteiger partial charge in [0.15, 0.2) is 0 Å². The fraction of sp³-hybridized carbons (Fsp3) is 0.875. The third-order valence-electron chi connectivity index (χ3n) is 1.85. The van der Waals surface area contributed by atoms with Crippen LogP contribution in [0.25, 0.3) is 0 Å². The molecule has 1 aliphatic rings. The average molecular weight is 210 g/mol. The van der Waals surface area contributed by atoms with Gasteiger partial charge in [0.1, 0.15) is 6.54 Å². The zero-order chi connectivity index (χ0) is 10.6. The molecule has 6 heteroatoms. The summed E-state index contributed by atoms with van der Waals surface area (Å²) in [5.41, 5.74) is 0. The summed E-state index contributed by atoms with van der Waals surface area (Å²) in [7, 11) is 0. The van der Waals surface area contributed by atoms with Crippen molar-refractivity contribution in [1.29, 1.82) is 0 Å². The van der Waals surface area contributed by atoms with Crippen molar-refractivity contribution in [2.24, 2.45) is 0 Å². The summed E-state index contributed by atoms with van der Waals surface area (Å²) in [5.74, 6) is -0.560. The van der Waals surface area contributed by atoms with Crippen LogP contribution in [0.3, 0.4) is 0 Å². The second-order valence-corrected chi connectivity index (χ2v) is 3.37. The zero-order valence-corrected chi connectivity index (χ0v) is 7.66. The first-order valence-electron chi connectivity index (χ1n) is 4.54. The third kappa shape index (κ3) is 5.80. The summed E-state index contributed by atoms with van der Waals surface area (Å²) in [5, 5.41) is 4.86.